The van der Waals surface area contributed by atoms with Crippen molar-refractivity contribution in [3.8, 4) is 0 Å². The Bertz CT molecular complexity index is 865. The van der Waals surface area contributed by atoms with Gasteiger partial charge in [0.15, 0.2) is 0 Å². The molecule has 6 nitrogen and oxygen atoms in total. The summed E-state index contributed by atoms with van der Waals surface area (Å²) in [5, 5.41) is 4.00. The maximum absolute atomic E-state index is 12.3. The van der Waals surface area contributed by atoms with Crippen LogP contribution in [0.15, 0.2) is 53.6 Å². The van der Waals surface area contributed by atoms with Gasteiger partial charge >= 0.3 is 5.97 Å². The van der Waals surface area contributed by atoms with E-state index in [0.717, 1.165) is 5.56 Å². The van der Waals surface area contributed by atoms with Crippen LogP contribution in [0.2, 0.25) is 0 Å². The number of carbonyl (C=O) groups excluding carboxylic acids is 1. The number of nitrogens with zero attached hydrogens (tertiary/aromatic N) is 3. The van der Waals surface area contributed by atoms with Gasteiger partial charge in [0.2, 0.25) is 0 Å². The minimum absolute atomic E-state index is 0.0195. The Morgan fingerprint density at radius 2 is 2.00 bits per heavy atom. The Labute approximate surface area is 126 Å². The Morgan fingerprint density at radius 3 is 2.73 bits per heavy atom. The molecule has 2 aromatic heterocycles. The first-order valence-electron chi connectivity index (χ1n) is 6.99. The average molecular weight is 297 g/mol. The van der Waals surface area contributed by atoms with E-state index in [-0.39, 0.29) is 12.2 Å². The van der Waals surface area contributed by atoms with E-state index < -0.39 is 11.5 Å². The fourth-order valence-corrected chi connectivity index (χ4v) is 2.32. The van der Waals surface area contributed by atoms with E-state index in [1.807, 2.05) is 34.9 Å². The topological polar surface area (TPSA) is 65.6 Å². The molecule has 0 fully saturated rings. The van der Waals surface area contributed by atoms with Crippen molar-refractivity contribution in [3.63, 3.8) is 0 Å². The molecule has 0 amide bonds. The summed E-state index contributed by atoms with van der Waals surface area (Å²) in [5.74, 6) is -0.633. The summed E-state index contributed by atoms with van der Waals surface area (Å²) >= 11 is 0. The lowest BCUT2D eigenvalue weighted by atomic mass is 10.2. The molecule has 112 valence electrons. The fraction of sp³-hybridized carbons (Fsp3) is 0.188. The lowest BCUT2D eigenvalue weighted by molar-refractivity contribution is 0.0523. The molecule has 0 saturated heterocycles. The monoisotopic (exact) mass is 297 g/mol. The number of hydrogen-bond donors (Lipinski definition) is 0. The van der Waals surface area contributed by atoms with Gasteiger partial charge in [0, 0.05) is 18.8 Å². The van der Waals surface area contributed by atoms with Crippen LogP contribution < -0.4 is 5.56 Å². The van der Waals surface area contributed by atoms with Crippen molar-refractivity contribution >= 4 is 11.6 Å². The van der Waals surface area contributed by atoms with Crippen LogP contribution in [0.5, 0.6) is 0 Å². The SMILES string of the molecule is CCOC(=O)c1cn(Cc2ccccc2)c2ccnn2c1=O. The average Bonchev–Trinajstić information content (AvgIpc) is 3.01. The molecule has 0 aliphatic carbocycles. The number of hydrogen-bond acceptors (Lipinski definition) is 4. The molecule has 1 aromatic carbocycles. The minimum Gasteiger partial charge on any atom is -0.462 e. The van der Waals surface area contributed by atoms with E-state index in [1.54, 1.807) is 13.0 Å². The molecule has 0 spiro atoms. The van der Waals surface area contributed by atoms with E-state index in [9.17, 15) is 9.59 Å². The zero-order chi connectivity index (χ0) is 15.5. The predicted molar refractivity (Wildman–Crippen MR) is 81.0 cm³/mol. The molecular formula is C16H15N3O3. The van der Waals surface area contributed by atoms with Crippen molar-refractivity contribution in [2.75, 3.05) is 6.61 Å². The Kier molecular flexibility index (Phi) is 3.74. The second-order valence-electron chi connectivity index (χ2n) is 4.78. The summed E-state index contributed by atoms with van der Waals surface area (Å²) in [6.07, 6.45) is 3.07. The van der Waals surface area contributed by atoms with Crippen LogP contribution in [0.3, 0.4) is 0 Å². The van der Waals surface area contributed by atoms with Gasteiger partial charge in [-0.2, -0.15) is 9.61 Å². The summed E-state index contributed by atoms with van der Waals surface area (Å²) in [4.78, 5) is 24.3. The van der Waals surface area contributed by atoms with Gasteiger partial charge in [-0.15, -0.1) is 0 Å². The normalized spacial score (nSPS) is 10.8. The molecule has 3 aromatic rings. The van der Waals surface area contributed by atoms with Gasteiger partial charge in [-0.3, -0.25) is 4.79 Å². The lowest BCUT2D eigenvalue weighted by Gasteiger charge is -2.11. The van der Waals surface area contributed by atoms with Gasteiger partial charge < -0.3 is 9.30 Å². The maximum Gasteiger partial charge on any atom is 0.345 e. The van der Waals surface area contributed by atoms with E-state index in [2.05, 4.69) is 5.10 Å². The molecule has 0 radical (unpaired) electrons. The van der Waals surface area contributed by atoms with Crippen molar-refractivity contribution in [2.24, 2.45) is 0 Å². The maximum atomic E-state index is 12.3. The number of ether oxygens (including phenoxy) is 1. The zero-order valence-corrected chi connectivity index (χ0v) is 12.1. The first-order chi connectivity index (χ1) is 10.7. The molecule has 0 atom stereocenters. The molecular weight excluding hydrogens is 282 g/mol. The third kappa shape index (κ3) is 2.50. The number of fused-ring (bicyclic) bond motifs is 1. The third-order valence-electron chi connectivity index (χ3n) is 3.32. The van der Waals surface area contributed by atoms with Gasteiger partial charge in [-0.25, -0.2) is 4.79 Å². The first kappa shape index (κ1) is 14.1. The number of aromatic nitrogens is 3. The molecule has 0 bridgehead atoms. The van der Waals surface area contributed by atoms with Crippen LogP contribution in [0.4, 0.5) is 0 Å². The van der Waals surface area contributed by atoms with E-state index in [1.165, 1.54) is 16.9 Å². The third-order valence-corrected chi connectivity index (χ3v) is 3.32. The molecule has 0 saturated carbocycles. The Hall–Kier alpha value is -2.89. The van der Waals surface area contributed by atoms with Crippen LogP contribution in [-0.2, 0) is 11.3 Å². The molecule has 0 N–H and O–H groups in total. The second kappa shape index (κ2) is 5.85. The molecule has 0 aliphatic rings. The van der Waals surface area contributed by atoms with Crippen LogP contribution in [-0.4, -0.2) is 26.8 Å². The van der Waals surface area contributed by atoms with Gasteiger partial charge in [-0.05, 0) is 12.5 Å². The van der Waals surface area contributed by atoms with Gasteiger partial charge in [0.05, 0.1) is 12.8 Å². The summed E-state index contributed by atoms with van der Waals surface area (Å²) in [6, 6.07) is 11.5. The standard InChI is InChI=1S/C16H15N3O3/c1-2-22-16(21)13-11-18(10-12-6-4-3-5-7-12)14-8-9-17-19(14)15(13)20/h3-9,11H,2,10H2,1H3. The van der Waals surface area contributed by atoms with Crippen molar-refractivity contribution in [3.05, 3.63) is 70.3 Å². The van der Waals surface area contributed by atoms with Crippen molar-refractivity contribution in [1.29, 1.82) is 0 Å². The molecule has 0 unspecified atom stereocenters. The zero-order valence-electron chi connectivity index (χ0n) is 12.1. The number of rotatable bonds is 4. The van der Waals surface area contributed by atoms with Crippen molar-refractivity contribution < 1.29 is 9.53 Å². The Balaban J connectivity index is 2.13. The number of carbonyl (C=O) groups is 1. The first-order valence-corrected chi connectivity index (χ1v) is 6.99. The van der Waals surface area contributed by atoms with Crippen LogP contribution >= 0.6 is 0 Å². The smallest absolute Gasteiger partial charge is 0.345 e. The van der Waals surface area contributed by atoms with Crippen molar-refractivity contribution in [2.45, 2.75) is 13.5 Å². The summed E-state index contributed by atoms with van der Waals surface area (Å²) in [7, 11) is 0. The minimum atomic E-state index is -0.633. The predicted octanol–water partition coefficient (Wildman–Crippen LogP) is 1.72. The summed E-state index contributed by atoms with van der Waals surface area (Å²) in [5.41, 5.74) is 1.20. The molecule has 22 heavy (non-hydrogen) atoms. The number of esters is 1. The van der Waals surface area contributed by atoms with Crippen LogP contribution in [0, 0.1) is 0 Å². The summed E-state index contributed by atoms with van der Waals surface area (Å²) in [6.45, 7) is 2.45. The van der Waals surface area contributed by atoms with E-state index in [0.29, 0.717) is 12.2 Å². The fourth-order valence-electron chi connectivity index (χ4n) is 2.32. The highest BCUT2D eigenvalue weighted by Gasteiger charge is 2.17. The van der Waals surface area contributed by atoms with E-state index in [4.69, 9.17) is 4.74 Å². The van der Waals surface area contributed by atoms with Crippen LogP contribution in [0.25, 0.3) is 5.65 Å². The number of benzene rings is 1. The molecule has 0 aliphatic heterocycles. The second-order valence-corrected chi connectivity index (χ2v) is 4.78. The quantitative estimate of drug-likeness (QED) is 0.688. The highest BCUT2D eigenvalue weighted by Crippen LogP contribution is 2.08. The molecule has 6 heteroatoms. The van der Waals surface area contributed by atoms with Gasteiger partial charge in [0.25, 0.3) is 5.56 Å². The highest BCUT2D eigenvalue weighted by molar-refractivity contribution is 5.88. The molecule has 3 rings (SSSR count). The Morgan fingerprint density at radius 1 is 1.23 bits per heavy atom. The van der Waals surface area contributed by atoms with Crippen molar-refractivity contribution in [1.82, 2.24) is 14.2 Å². The van der Waals surface area contributed by atoms with Gasteiger partial charge in [0.1, 0.15) is 11.2 Å². The highest BCUT2D eigenvalue weighted by atomic mass is 16.5. The summed E-state index contributed by atoms with van der Waals surface area (Å²) < 4.78 is 7.98. The largest absolute Gasteiger partial charge is 0.462 e. The van der Waals surface area contributed by atoms with E-state index >= 15 is 0 Å². The van der Waals surface area contributed by atoms with Crippen LogP contribution in [0.1, 0.15) is 22.8 Å². The lowest BCUT2D eigenvalue weighted by Crippen LogP contribution is -2.27. The molecule has 2 heterocycles. The van der Waals surface area contributed by atoms with Gasteiger partial charge in [-0.1, -0.05) is 30.3 Å².